The van der Waals surface area contributed by atoms with Crippen LogP contribution in [0.3, 0.4) is 0 Å². The van der Waals surface area contributed by atoms with E-state index in [1.54, 1.807) is 0 Å². The van der Waals surface area contributed by atoms with E-state index in [9.17, 15) is 0 Å². The summed E-state index contributed by atoms with van der Waals surface area (Å²) in [5.41, 5.74) is 0. The molecule has 4 heteroatoms. The SMILES string of the molecule is CCCCC(CC)c1nnc(C(CC)NCCC)o1. The van der Waals surface area contributed by atoms with E-state index < -0.39 is 0 Å². The van der Waals surface area contributed by atoms with Crippen LogP contribution in [0.25, 0.3) is 0 Å². The fraction of sp³-hybridized carbons (Fsp3) is 0.867. The summed E-state index contributed by atoms with van der Waals surface area (Å²) < 4.78 is 5.90. The molecular formula is C15H29N3O. The minimum absolute atomic E-state index is 0.199. The molecule has 0 spiro atoms. The second-order valence-corrected chi connectivity index (χ2v) is 5.14. The molecule has 0 aromatic carbocycles. The summed E-state index contributed by atoms with van der Waals surface area (Å²) in [4.78, 5) is 0. The minimum Gasteiger partial charge on any atom is -0.423 e. The van der Waals surface area contributed by atoms with Crippen molar-refractivity contribution >= 4 is 0 Å². The summed E-state index contributed by atoms with van der Waals surface area (Å²) in [6.07, 6.45) is 6.75. The first-order valence-electron chi connectivity index (χ1n) is 7.83. The van der Waals surface area contributed by atoms with Gasteiger partial charge >= 0.3 is 0 Å². The van der Waals surface area contributed by atoms with Crippen molar-refractivity contribution < 1.29 is 4.42 Å². The number of unbranched alkanes of at least 4 members (excludes halogenated alkanes) is 1. The first kappa shape index (κ1) is 16.2. The monoisotopic (exact) mass is 267 g/mol. The van der Waals surface area contributed by atoms with Crippen LogP contribution in [0.2, 0.25) is 0 Å². The molecule has 2 atom stereocenters. The van der Waals surface area contributed by atoms with Gasteiger partial charge in [0.05, 0.1) is 6.04 Å². The number of hydrogen-bond donors (Lipinski definition) is 1. The highest BCUT2D eigenvalue weighted by Gasteiger charge is 2.20. The average Bonchev–Trinajstić information content (AvgIpc) is 2.90. The van der Waals surface area contributed by atoms with Gasteiger partial charge in [-0.25, -0.2) is 0 Å². The van der Waals surface area contributed by atoms with Gasteiger partial charge in [0.1, 0.15) is 0 Å². The van der Waals surface area contributed by atoms with Crippen molar-refractivity contribution in [3.63, 3.8) is 0 Å². The molecule has 0 aliphatic rings. The molecule has 1 aromatic rings. The summed E-state index contributed by atoms with van der Waals surface area (Å²) in [6.45, 7) is 9.70. The molecule has 1 rings (SSSR count). The highest BCUT2D eigenvalue weighted by Crippen LogP contribution is 2.26. The lowest BCUT2D eigenvalue weighted by atomic mass is 9.99. The van der Waals surface area contributed by atoms with Gasteiger partial charge in [0, 0.05) is 5.92 Å². The van der Waals surface area contributed by atoms with Gasteiger partial charge in [-0.2, -0.15) is 0 Å². The van der Waals surface area contributed by atoms with E-state index in [2.05, 4.69) is 43.2 Å². The van der Waals surface area contributed by atoms with Crippen LogP contribution >= 0.6 is 0 Å². The fourth-order valence-corrected chi connectivity index (χ4v) is 2.23. The number of nitrogens with one attached hydrogen (secondary N) is 1. The molecule has 19 heavy (non-hydrogen) atoms. The first-order valence-corrected chi connectivity index (χ1v) is 7.83. The van der Waals surface area contributed by atoms with Gasteiger partial charge in [0.2, 0.25) is 11.8 Å². The molecule has 0 amide bonds. The minimum atomic E-state index is 0.199. The molecule has 0 fully saturated rings. The zero-order valence-corrected chi connectivity index (χ0v) is 12.9. The Balaban J connectivity index is 2.67. The van der Waals surface area contributed by atoms with Crippen molar-refractivity contribution in [2.24, 2.45) is 0 Å². The van der Waals surface area contributed by atoms with Crippen LogP contribution in [0, 0.1) is 0 Å². The maximum absolute atomic E-state index is 5.90. The lowest BCUT2D eigenvalue weighted by Crippen LogP contribution is -2.21. The summed E-state index contributed by atoms with van der Waals surface area (Å²) in [5, 5.41) is 12.0. The van der Waals surface area contributed by atoms with Gasteiger partial charge in [-0.3, -0.25) is 0 Å². The molecule has 0 aliphatic heterocycles. The van der Waals surface area contributed by atoms with Gasteiger partial charge in [0.15, 0.2) is 0 Å². The molecule has 0 saturated carbocycles. The number of aromatic nitrogens is 2. The second kappa shape index (κ2) is 9.08. The molecule has 0 saturated heterocycles. The van der Waals surface area contributed by atoms with Gasteiger partial charge < -0.3 is 9.73 Å². The van der Waals surface area contributed by atoms with E-state index >= 15 is 0 Å². The number of nitrogens with zero attached hydrogens (tertiary/aromatic N) is 2. The standard InChI is InChI=1S/C15H29N3O/c1-5-9-10-12(7-3)14-17-18-15(19-14)13(8-4)16-11-6-2/h12-13,16H,5-11H2,1-4H3. The van der Waals surface area contributed by atoms with E-state index in [1.165, 1.54) is 12.8 Å². The largest absolute Gasteiger partial charge is 0.423 e. The van der Waals surface area contributed by atoms with Crippen molar-refractivity contribution in [1.82, 2.24) is 15.5 Å². The Morgan fingerprint density at radius 1 is 1.00 bits per heavy atom. The quantitative estimate of drug-likeness (QED) is 0.690. The Labute approximate surface area is 117 Å². The predicted octanol–water partition coefficient (Wildman–Crippen LogP) is 4.20. The average molecular weight is 267 g/mol. The highest BCUT2D eigenvalue weighted by molar-refractivity contribution is 4.94. The van der Waals surface area contributed by atoms with Crippen molar-refractivity contribution in [2.45, 2.75) is 78.2 Å². The van der Waals surface area contributed by atoms with E-state index in [0.717, 1.165) is 44.0 Å². The zero-order valence-electron chi connectivity index (χ0n) is 12.9. The molecular weight excluding hydrogens is 238 g/mol. The molecule has 1 aromatic heterocycles. The molecule has 0 radical (unpaired) electrons. The maximum atomic E-state index is 5.90. The van der Waals surface area contributed by atoms with Crippen LogP contribution in [-0.4, -0.2) is 16.7 Å². The van der Waals surface area contributed by atoms with E-state index in [0.29, 0.717) is 5.92 Å². The van der Waals surface area contributed by atoms with Crippen LogP contribution < -0.4 is 5.32 Å². The van der Waals surface area contributed by atoms with Crippen molar-refractivity contribution in [3.05, 3.63) is 11.8 Å². The molecule has 1 N–H and O–H groups in total. The van der Waals surface area contributed by atoms with Crippen molar-refractivity contribution in [2.75, 3.05) is 6.54 Å². The van der Waals surface area contributed by atoms with Gasteiger partial charge in [-0.15, -0.1) is 10.2 Å². The summed E-state index contributed by atoms with van der Waals surface area (Å²) in [6, 6.07) is 0.199. The lowest BCUT2D eigenvalue weighted by molar-refractivity contribution is 0.348. The fourth-order valence-electron chi connectivity index (χ4n) is 2.23. The Kier molecular flexibility index (Phi) is 7.72. The van der Waals surface area contributed by atoms with Crippen LogP contribution in [0.4, 0.5) is 0 Å². The molecule has 4 nitrogen and oxygen atoms in total. The molecule has 1 heterocycles. The summed E-state index contributed by atoms with van der Waals surface area (Å²) >= 11 is 0. The van der Waals surface area contributed by atoms with Crippen LogP contribution in [0.5, 0.6) is 0 Å². The molecule has 110 valence electrons. The lowest BCUT2D eigenvalue weighted by Gasteiger charge is -2.12. The van der Waals surface area contributed by atoms with Gasteiger partial charge in [-0.1, -0.05) is 40.5 Å². The highest BCUT2D eigenvalue weighted by atomic mass is 16.4. The van der Waals surface area contributed by atoms with E-state index in [4.69, 9.17) is 4.42 Å². The van der Waals surface area contributed by atoms with Crippen LogP contribution in [0.15, 0.2) is 4.42 Å². The van der Waals surface area contributed by atoms with E-state index in [1.807, 2.05) is 0 Å². The van der Waals surface area contributed by atoms with Gasteiger partial charge in [-0.05, 0) is 32.2 Å². The summed E-state index contributed by atoms with van der Waals surface area (Å²) in [5.74, 6) is 1.99. The number of hydrogen-bond acceptors (Lipinski definition) is 4. The third-order valence-electron chi connectivity index (χ3n) is 3.55. The third-order valence-corrected chi connectivity index (χ3v) is 3.55. The van der Waals surface area contributed by atoms with Crippen molar-refractivity contribution in [3.8, 4) is 0 Å². The molecule has 2 unspecified atom stereocenters. The third kappa shape index (κ3) is 4.94. The second-order valence-electron chi connectivity index (χ2n) is 5.14. The summed E-state index contributed by atoms with van der Waals surface area (Å²) in [7, 11) is 0. The maximum Gasteiger partial charge on any atom is 0.233 e. The van der Waals surface area contributed by atoms with Crippen LogP contribution in [0.1, 0.15) is 90.0 Å². The Bertz CT molecular complexity index is 307. The predicted molar refractivity (Wildman–Crippen MR) is 78.2 cm³/mol. The van der Waals surface area contributed by atoms with E-state index in [-0.39, 0.29) is 6.04 Å². The molecule has 0 aliphatic carbocycles. The normalized spacial score (nSPS) is 14.5. The Morgan fingerprint density at radius 2 is 1.74 bits per heavy atom. The van der Waals surface area contributed by atoms with Crippen molar-refractivity contribution in [1.29, 1.82) is 0 Å². The van der Waals surface area contributed by atoms with Crippen LogP contribution in [-0.2, 0) is 0 Å². The molecule has 0 bridgehead atoms. The Morgan fingerprint density at radius 3 is 2.32 bits per heavy atom. The topological polar surface area (TPSA) is 51.0 Å². The van der Waals surface area contributed by atoms with Gasteiger partial charge in [0.25, 0.3) is 0 Å². The Hall–Kier alpha value is -0.900. The smallest absolute Gasteiger partial charge is 0.233 e. The first-order chi connectivity index (χ1) is 9.26. The zero-order chi connectivity index (χ0) is 14.1. The number of rotatable bonds is 10.